The van der Waals surface area contributed by atoms with Gasteiger partial charge in [0, 0.05) is 6.54 Å². The molecule has 0 aliphatic heterocycles. The largest absolute Gasteiger partial charge is 0.493 e. The van der Waals surface area contributed by atoms with E-state index in [9.17, 15) is 9.59 Å². The molecule has 1 aromatic carbocycles. The third-order valence-electron chi connectivity index (χ3n) is 4.17. The van der Waals surface area contributed by atoms with Gasteiger partial charge in [-0.25, -0.2) is 0 Å². The Bertz CT molecular complexity index is 857. The topological polar surface area (TPSA) is 131 Å². The van der Waals surface area contributed by atoms with Gasteiger partial charge >= 0.3 is 5.97 Å². The molecule has 0 bridgehead atoms. The van der Waals surface area contributed by atoms with E-state index >= 15 is 0 Å². The lowest BCUT2D eigenvalue weighted by molar-refractivity contribution is -0.137. The molecule has 1 amide bonds. The standard InChI is InChI=1S/C18H25N5O5S/c1-11(23-17(19)21-22-18(23)29-10-15(24)28-4)16(25)20-8-7-12-5-6-13(26-2)14(9-12)27-3/h5-6,9,11H,7-8,10H2,1-4H3,(H2,19,21)(H,20,25). The number of nitrogens with zero attached hydrogens (tertiary/aromatic N) is 3. The third-order valence-corrected chi connectivity index (χ3v) is 5.08. The first-order valence-electron chi connectivity index (χ1n) is 8.79. The van der Waals surface area contributed by atoms with E-state index in [1.165, 1.54) is 11.7 Å². The Labute approximate surface area is 173 Å². The molecule has 2 rings (SSSR count). The number of methoxy groups -OCH3 is 3. The minimum Gasteiger partial charge on any atom is -0.493 e. The first kappa shape index (κ1) is 22.3. The number of carbonyl (C=O) groups excluding carboxylic acids is 2. The van der Waals surface area contributed by atoms with Crippen molar-refractivity contribution in [2.45, 2.75) is 24.5 Å². The van der Waals surface area contributed by atoms with Crippen molar-refractivity contribution in [2.24, 2.45) is 0 Å². The number of nitrogens with two attached hydrogens (primary N) is 1. The van der Waals surface area contributed by atoms with E-state index in [2.05, 4.69) is 20.3 Å². The Morgan fingerprint density at radius 2 is 1.93 bits per heavy atom. The van der Waals surface area contributed by atoms with E-state index in [-0.39, 0.29) is 17.6 Å². The predicted molar refractivity (Wildman–Crippen MR) is 108 cm³/mol. The van der Waals surface area contributed by atoms with Crippen molar-refractivity contribution in [3.63, 3.8) is 0 Å². The van der Waals surface area contributed by atoms with Crippen LogP contribution in [0.5, 0.6) is 11.5 Å². The van der Waals surface area contributed by atoms with Crippen molar-refractivity contribution in [3.05, 3.63) is 23.8 Å². The summed E-state index contributed by atoms with van der Waals surface area (Å²) in [5.74, 6) is 0.776. The molecule has 3 N–H and O–H groups in total. The SMILES string of the molecule is COC(=O)CSc1nnc(N)n1C(C)C(=O)NCCc1ccc(OC)c(OC)c1. The second kappa shape index (κ2) is 10.6. The van der Waals surface area contributed by atoms with Crippen molar-refractivity contribution in [1.29, 1.82) is 0 Å². The van der Waals surface area contributed by atoms with Gasteiger partial charge in [0.25, 0.3) is 0 Å². The molecule has 158 valence electrons. The summed E-state index contributed by atoms with van der Waals surface area (Å²) in [5, 5.41) is 11.0. The minimum absolute atomic E-state index is 0.0439. The van der Waals surface area contributed by atoms with Crippen molar-refractivity contribution in [3.8, 4) is 11.5 Å². The normalized spacial score (nSPS) is 11.6. The summed E-state index contributed by atoms with van der Waals surface area (Å²) in [6, 6.07) is 4.96. The number of rotatable bonds is 10. The van der Waals surface area contributed by atoms with Crippen LogP contribution in [-0.4, -0.2) is 60.3 Å². The quantitative estimate of drug-likeness (QED) is 0.425. The number of hydrogen-bond acceptors (Lipinski definition) is 9. The van der Waals surface area contributed by atoms with Crippen molar-refractivity contribution in [1.82, 2.24) is 20.1 Å². The number of anilines is 1. The molecule has 0 saturated heterocycles. The number of carbonyl (C=O) groups is 2. The fourth-order valence-corrected chi connectivity index (χ4v) is 3.42. The lowest BCUT2D eigenvalue weighted by Gasteiger charge is -2.16. The van der Waals surface area contributed by atoms with Gasteiger partial charge in [0.15, 0.2) is 16.7 Å². The zero-order chi connectivity index (χ0) is 21.4. The monoisotopic (exact) mass is 423 g/mol. The van der Waals surface area contributed by atoms with Crippen molar-refractivity contribution >= 4 is 29.6 Å². The smallest absolute Gasteiger partial charge is 0.316 e. The zero-order valence-corrected chi connectivity index (χ0v) is 17.6. The van der Waals surface area contributed by atoms with Crippen LogP contribution < -0.4 is 20.5 Å². The molecule has 0 fully saturated rings. The summed E-state index contributed by atoms with van der Waals surface area (Å²) in [6.07, 6.45) is 0.612. The number of amides is 1. The van der Waals surface area contributed by atoms with Gasteiger partial charge in [0.05, 0.1) is 27.1 Å². The molecule has 0 saturated carbocycles. The molecule has 0 spiro atoms. The fourth-order valence-electron chi connectivity index (χ4n) is 2.56. The molecule has 0 radical (unpaired) electrons. The lowest BCUT2D eigenvalue weighted by Crippen LogP contribution is -2.33. The Morgan fingerprint density at radius 1 is 1.21 bits per heavy atom. The summed E-state index contributed by atoms with van der Waals surface area (Å²) >= 11 is 1.10. The number of thioether (sulfide) groups is 1. The maximum absolute atomic E-state index is 12.6. The first-order chi connectivity index (χ1) is 13.9. The number of nitrogen functional groups attached to an aromatic ring is 1. The Morgan fingerprint density at radius 3 is 2.59 bits per heavy atom. The third kappa shape index (κ3) is 5.76. The maximum Gasteiger partial charge on any atom is 0.316 e. The molecule has 10 nitrogen and oxygen atoms in total. The molecular formula is C18H25N5O5S. The molecule has 11 heteroatoms. The van der Waals surface area contributed by atoms with E-state index < -0.39 is 12.0 Å². The van der Waals surface area contributed by atoms with Crippen LogP contribution in [0.25, 0.3) is 0 Å². The molecule has 2 aromatic rings. The molecular weight excluding hydrogens is 398 g/mol. The molecule has 29 heavy (non-hydrogen) atoms. The molecule has 1 heterocycles. The van der Waals surface area contributed by atoms with Gasteiger partial charge in [-0.1, -0.05) is 17.8 Å². The van der Waals surface area contributed by atoms with Crippen LogP contribution in [-0.2, 0) is 20.7 Å². The summed E-state index contributed by atoms with van der Waals surface area (Å²) in [5.41, 5.74) is 6.85. The minimum atomic E-state index is -0.643. The van der Waals surface area contributed by atoms with Gasteiger partial charge in [-0.15, -0.1) is 10.2 Å². The highest BCUT2D eigenvalue weighted by atomic mass is 32.2. The van der Waals surface area contributed by atoms with Crippen LogP contribution in [0.4, 0.5) is 5.95 Å². The molecule has 0 aliphatic rings. The average Bonchev–Trinajstić information content (AvgIpc) is 3.11. The number of hydrogen-bond donors (Lipinski definition) is 2. The summed E-state index contributed by atoms with van der Waals surface area (Å²) in [4.78, 5) is 23.9. The van der Waals surface area contributed by atoms with E-state index in [1.54, 1.807) is 21.1 Å². The van der Waals surface area contributed by atoms with Gasteiger partial charge in [-0.05, 0) is 31.0 Å². The van der Waals surface area contributed by atoms with E-state index in [0.717, 1.165) is 17.3 Å². The van der Waals surface area contributed by atoms with Gasteiger partial charge in [-0.3, -0.25) is 14.2 Å². The maximum atomic E-state index is 12.6. The Balaban J connectivity index is 1.96. The van der Waals surface area contributed by atoms with E-state index in [1.807, 2.05) is 18.2 Å². The summed E-state index contributed by atoms with van der Waals surface area (Å²) in [7, 11) is 4.45. The van der Waals surface area contributed by atoms with Gasteiger partial charge in [-0.2, -0.15) is 0 Å². The van der Waals surface area contributed by atoms with Crippen LogP contribution in [0.1, 0.15) is 18.5 Å². The number of benzene rings is 1. The zero-order valence-electron chi connectivity index (χ0n) is 16.8. The summed E-state index contributed by atoms with van der Waals surface area (Å²) in [6.45, 7) is 2.11. The van der Waals surface area contributed by atoms with Crippen LogP contribution in [0.2, 0.25) is 0 Å². The van der Waals surface area contributed by atoms with Crippen LogP contribution in [0.3, 0.4) is 0 Å². The van der Waals surface area contributed by atoms with Crippen LogP contribution in [0, 0.1) is 0 Å². The number of ether oxygens (including phenoxy) is 3. The lowest BCUT2D eigenvalue weighted by atomic mass is 10.1. The van der Waals surface area contributed by atoms with Gasteiger partial charge < -0.3 is 25.3 Å². The number of nitrogens with one attached hydrogen (secondary N) is 1. The Kier molecular flexibility index (Phi) is 8.13. The molecule has 1 unspecified atom stereocenters. The average molecular weight is 423 g/mol. The summed E-state index contributed by atoms with van der Waals surface area (Å²) < 4.78 is 16.6. The van der Waals surface area contributed by atoms with Gasteiger partial charge in [0.2, 0.25) is 11.9 Å². The predicted octanol–water partition coefficient (Wildman–Crippen LogP) is 1.06. The van der Waals surface area contributed by atoms with Crippen molar-refractivity contribution < 1.29 is 23.8 Å². The second-order valence-corrected chi connectivity index (χ2v) is 6.92. The molecule has 0 aliphatic carbocycles. The van der Waals surface area contributed by atoms with Crippen molar-refractivity contribution in [2.75, 3.05) is 39.4 Å². The highest BCUT2D eigenvalue weighted by Crippen LogP contribution is 2.27. The number of esters is 1. The highest BCUT2D eigenvalue weighted by molar-refractivity contribution is 7.99. The van der Waals surface area contributed by atoms with Gasteiger partial charge in [0.1, 0.15) is 6.04 Å². The second-order valence-electron chi connectivity index (χ2n) is 5.98. The highest BCUT2D eigenvalue weighted by Gasteiger charge is 2.22. The van der Waals surface area contributed by atoms with E-state index in [0.29, 0.717) is 29.6 Å². The molecule has 1 aromatic heterocycles. The van der Waals surface area contributed by atoms with Crippen LogP contribution in [0.15, 0.2) is 23.4 Å². The number of aromatic nitrogens is 3. The fraction of sp³-hybridized carbons (Fsp3) is 0.444. The first-order valence-corrected chi connectivity index (χ1v) is 9.78. The van der Waals surface area contributed by atoms with Crippen LogP contribution >= 0.6 is 11.8 Å². The molecule has 1 atom stereocenters. The van der Waals surface area contributed by atoms with E-state index in [4.69, 9.17) is 15.2 Å². The Hall–Kier alpha value is -2.95.